The van der Waals surface area contributed by atoms with Crippen LogP contribution in [0.5, 0.6) is 11.5 Å². The number of aryl methyl sites for hydroxylation is 1. The second-order valence-corrected chi connectivity index (χ2v) is 11.9. The molecule has 3 aromatic rings. The maximum atomic E-state index is 14.8. The number of rotatable bonds is 11. The zero-order chi connectivity index (χ0) is 31.3. The van der Waals surface area contributed by atoms with Crippen molar-refractivity contribution in [3.8, 4) is 11.5 Å². The number of ketones is 1. The highest BCUT2D eigenvalue weighted by Crippen LogP contribution is 2.36. The zero-order valence-corrected chi connectivity index (χ0v) is 24.9. The number of fused-ring (bicyclic) bond motifs is 1. The molecule has 0 unspecified atom stereocenters. The van der Waals surface area contributed by atoms with Crippen molar-refractivity contribution >= 4 is 33.2 Å². The Morgan fingerprint density at radius 3 is 2.48 bits per heavy atom. The van der Waals surface area contributed by atoms with E-state index in [4.69, 9.17) is 23.1 Å². The summed E-state index contributed by atoms with van der Waals surface area (Å²) >= 11 is 0. The van der Waals surface area contributed by atoms with Gasteiger partial charge in [0.2, 0.25) is 0 Å². The highest BCUT2D eigenvalue weighted by molar-refractivity contribution is 7.86. The molecule has 0 aromatic heterocycles. The Labute approximate surface area is 254 Å². The first-order valence-electron chi connectivity index (χ1n) is 13.8. The van der Waals surface area contributed by atoms with E-state index < -0.39 is 39.8 Å². The highest BCUT2D eigenvalue weighted by Gasteiger charge is 2.31. The quantitative estimate of drug-likeness (QED) is 0.316. The van der Waals surface area contributed by atoms with E-state index in [1.165, 1.54) is 18.2 Å². The van der Waals surface area contributed by atoms with Crippen molar-refractivity contribution in [2.45, 2.75) is 37.0 Å². The van der Waals surface area contributed by atoms with Crippen molar-refractivity contribution in [1.29, 1.82) is 0 Å². The number of nitrogens with zero attached hydrogens (tertiary/aromatic N) is 1. The third kappa shape index (κ3) is 7.48. The number of hydrogen-bond donors (Lipinski definition) is 1. The van der Waals surface area contributed by atoms with Crippen LogP contribution in [0.4, 0.5) is 10.1 Å². The Hall–Kier alpha value is -4.17. The summed E-state index contributed by atoms with van der Waals surface area (Å²) in [4.78, 5) is 30.2. The standard InChI is InChI=1S/C31H31FN2O9S/c1-19-6-8-24(9-7-19)44(37,38)43-18-23-16-40-22(15-41-23)17-42-30-25(32)10-11-26-29(30)28(35)13-27(34-26)31(36)33-14-20-4-3-5-21(12-20)39-2/h3-12,22-23H,13-18H2,1-2H3,(H,33,36)/t22-,23+/m0/s1. The molecule has 0 radical (unpaired) electrons. The summed E-state index contributed by atoms with van der Waals surface area (Å²) in [5.74, 6) is -1.43. The molecule has 5 rings (SSSR count). The molecule has 1 N–H and O–H groups in total. The average molecular weight is 627 g/mol. The molecular formula is C31H31FN2O9S. The van der Waals surface area contributed by atoms with E-state index in [9.17, 15) is 22.4 Å². The third-order valence-electron chi connectivity index (χ3n) is 6.97. The van der Waals surface area contributed by atoms with Crippen molar-refractivity contribution in [2.24, 2.45) is 4.99 Å². The van der Waals surface area contributed by atoms with Crippen LogP contribution in [-0.4, -0.2) is 71.6 Å². The van der Waals surface area contributed by atoms with Gasteiger partial charge in [-0.25, -0.2) is 9.38 Å². The van der Waals surface area contributed by atoms with Crippen molar-refractivity contribution in [1.82, 2.24) is 5.32 Å². The molecular weight excluding hydrogens is 595 g/mol. The second kappa shape index (κ2) is 13.6. The van der Waals surface area contributed by atoms with Crippen LogP contribution in [0.25, 0.3) is 0 Å². The zero-order valence-electron chi connectivity index (χ0n) is 24.1. The fraction of sp³-hybridized carbons (Fsp3) is 0.323. The number of halogens is 1. The van der Waals surface area contributed by atoms with Crippen molar-refractivity contribution in [2.75, 3.05) is 33.5 Å². The summed E-state index contributed by atoms with van der Waals surface area (Å²) in [5, 5.41) is 2.74. The van der Waals surface area contributed by atoms with Crippen molar-refractivity contribution in [3.63, 3.8) is 0 Å². The van der Waals surface area contributed by atoms with E-state index in [2.05, 4.69) is 10.3 Å². The Morgan fingerprint density at radius 2 is 1.77 bits per heavy atom. The van der Waals surface area contributed by atoms with Crippen LogP contribution in [0, 0.1) is 12.7 Å². The average Bonchev–Trinajstić information content (AvgIpc) is 3.03. The summed E-state index contributed by atoms with van der Waals surface area (Å²) in [7, 11) is -2.41. The number of carbonyl (C=O) groups is 2. The molecule has 11 nitrogen and oxygen atoms in total. The smallest absolute Gasteiger partial charge is 0.297 e. The molecule has 1 saturated heterocycles. The SMILES string of the molecule is COc1cccc(CNC(=O)C2=Nc3ccc(F)c(OC[C@@H]4CO[C@@H](COS(=O)(=O)c5ccc(C)cc5)CO4)c3C(=O)C2)c1. The van der Waals surface area contributed by atoms with Gasteiger partial charge in [-0.15, -0.1) is 0 Å². The van der Waals surface area contributed by atoms with Gasteiger partial charge in [0.1, 0.15) is 30.3 Å². The molecule has 2 heterocycles. The maximum absolute atomic E-state index is 14.8. The minimum atomic E-state index is -3.96. The molecule has 0 bridgehead atoms. The Kier molecular flexibility index (Phi) is 9.69. The number of benzene rings is 3. The van der Waals surface area contributed by atoms with Gasteiger partial charge in [-0.3, -0.25) is 13.8 Å². The van der Waals surface area contributed by atoms with Gasteiger partial charge in [-0.2, -0.15) is 8.42 Å². The number of nitrogens with one attached hydrogen (secondary N) is 1. The van der Waals surface area contributed by atoms with Gasteiger partial charge in [-0.1, -0.05) is 29.8 Å². The molecule has 2 aliphatic heterocycles. The van der Waals surface area contributed by atoms with Gasteiger partial charge in [0.15, 0.2) is 17.3 Å². The molecule has 2 atom stereocenters. The number of methoxy groups -OCH3 is 1. The number of amides is 1. The highest BCUT2D eigenvalue weighted by atomic mass is 32.2. The number of ether oxygens (including phenoxy) is 4. The second-order valence-electron chi connectivity index (χ2n) is 10.2. The summed E-state index contributed by atoms with van der Waals surface area (Å²) in [5.41, 5.74) is 1.79. The Balaban J connectivity index is 1.15. The predicted octanol–water partition coefficient (Wildman–Crippen LogP) is 3.69. The number of aliphatic imine (C=N–C) groups is 1. The maximum Gasteiger partial charge on any atom is 0.297 e. The molecule has 2 aliphatic rings. The predicted molar refractivity (Wildman–Crippen MR) is 157 cm³/mol. The summed E-state index contributed by atoms with van der Waals surface area (Å²) in [6.45, 7) is 1.71. The first-order chi connectivity index (χ1) is 21.1. The number of carbonyl (C=O) groups excluding carboxylic acids is 2. The van der Waals surface area contributed by atoms with Gasteiger partial charge >= 0.3 is 0 Å². The molecule has 1 fully saturated rings. The molecule has 1 amide bonds. The monoisotopic (exact) mass is 626 g/mol. The lowest BCUT2D eigenvalue weighted by Gasteiger charge is -2.29. The summed E-state index contributed by atoms with van der Waals surface area (Å²) in [6, 6.07) is 15.9. The normalized spacial score (nSPS) is 18.2. The lowest BCUT2D eigenvalue weighted by molar-refractivity contribution is -0.150. The summed E-state index contributed by atoms with van der Waals surface area (Å²) in [6.07, 6.45) is -1.58. The van der Waals surface area contributed by atoms with Gasteiger partial charge in [0.05, 0.1) is 49.5 Å². The minimum absolute atomic E-state index is 0.00428. The van der Waals surface area contributed by atoms with Crippen LogP contribution in [0.15, 0.2) is 70.6 Å². The largest absolute Gasteiger partial charge is 0.497 e. The molecule has 44 heavy (non-hydrogen) atoms. The summed E-state index contributed by atoms with van der Waals surface area (Å²) < 4.78 is 67.0. The van der Waals surface area contributed by atoms with E-state index >= 15 is 0 Å². The van der Waals surface area contributed by atoms with Crippen LogP contribution in [0.3, 0.4) is 0 Å². The van der Waals surface area contributed by atoms with Crippen LogP contribution < -0.4 is 14.8 Å². The lowest BCUT2D eigenvalue weighted by Crippen LogP contribution is -2.41. The van der Waals surface area contributed by atoms with Crippen LogP contribution in [0.2, 0.25) is 0 Å². The first kappa shape index (κ1) is 31.3. The number of Topliss-reactive ketones (excluding diaryl/α,β-unsaturated/α-hetero) is 1. The molecule has 0 aliphatic carbocycles. The Bertz CT molecular complexity index is 1670. The molecule has 0 spiro atoms. The topological polar surface area (TPSA) is 139 Å². The van der Waals surface area contributed by atoms with Crippen molar-refractivity contribution < 1.29 is 45.5 Å². The van der Waals surface area contributed by atoms with Gasteiger partial charge in [0, 0.05) is 6.54 Å². The number of hydrogen-bond acceptors (Lipinski definition) is 10. The molecule has 0 saturated carbocycles. The van der Waals surface area contributed by atoms with E-state index in [0.29, 0.717) is 5.75 Å². The van der Waals surface area contributed by atoms with E-state index in [-0.39, 0.29) is 67.0 Å². The molecule has 3 aromatic carbocycles. The Morgan fingerprint density at radius 1 is 1.05 bits per heavy atom. The van der Waals surface area contributed by atoms with Gasteiger partial charge < -0.3 is 24.3 Å². The minimum Gasteiger partial charge on any atom is -0.497 e. The van der Waals surface area contributed by atoms with Crippen LogP contribution in [-0.2, 0) is 35.1 Å². The van der Waals surface area contributed by atoms with E-state index in [0.717, 1.165) is 17.2 Å². The van der Waals surface area contributed by atoms with E-state index in [1.807, 2.05) is 13.0 Å². The third-order valence-corrected chi connectivity index (χ3v) is 8.26. The first-order valence-corrected chi connectivity index (χ1v) is 15.2. The fourth-order valence-electron chi connectivity index (χ4n) is 4.56. The lowest BCUT2D eigenvalue weighted by atomic mass is 9.98. The van der Waals surface area contributed by atoms with Gasteiger partial charge in [-0.05, 0) is 48.9 Å². The molecule has 13 heteroatoms. The fourth-order valence-corrected chi connectivity index (χ4v) is 5.50. The molecule has 232 valence electrons. The van der Waals surface area contributed by atoms with Crippen LogP contribution in [0.1, 0.15) is 27.9 Å². The van der Waals surface area contributed by atoms with Crippen LogP contribution >= 0.6 is 0 Å². The van der Waals surface area contributed by atoms with Gasteiger partial charge in [0.25, 0.3) is 16.0 Å². The van der Waals surface area contributed by atoms with Crippen molar-refractivity contribution in [3.05, 3.63) is 83.2 Å². The van der Waals surface area contributed by atoms with E-state index in [1.54, 1.807) is 37.4 Å².